The number of hydrogen-bond acceptors (Lipinski definition) is 3. The molecular formula is C50H34N4O2S. The molecule has 3 heterocycles. The molecule has 0 radical (unpaired) electrons. The van der Waals surface area contributed by atoms with Crippen molar-refractivity contribution in [3.05, 3.63) is 188 Å². The smallest absolute Gasteiger partial charge is 0.206 e. The van der Waals surface area contributed by atoms with Crippen LogP contribution in [-0.2, 0) is 9.84 Å². The molecule has 0 aliphatic heterocycles. The van der Waals surface area contributed by atoms with Crippen LogP contribution in [-0.4, -0.2) is 22.1 Å². The zero-order chi connectivity index (χ0) is 38.8. The van der Waals surface area contributed by atoms with E-state index in [1.807, 2.05) is 31.2 Å². The number of nitrogens with zero attached hydrogens (tertiary/aromatic N) is 4. The van der Waals surface area contributed by atoms with Crippen molar-refractivity contribution in [3.63, 3.8) is 0 Å². The van der Waals surface area contributed by atoms with Gasteiger partial charge in [0.15, 0.2) is 0 Å². The van der Waals surface area contributed by atoms with E-state index in [4.69, 9.17) is 0 Å². The third-order valence-corrected chi connectivity index (χ3v) is 12.8. The summed E-state index contributed by atoms with van der Waals surface area (Å²) in [6, 6.07) is 51.8. The van der Waals surface area contributed by atoms with Crippen molar-refractivity contribution in [3.8, 4) is 17.4 Å². The van der Waals surface area contributed by atoms with Crippen molar-refractivity contribution < 1.29 is 8.42 Å². The van der Waals surface area contributed by atoms with Crippen LogP contribution >= 0.6 is 0 Å². The fraction of sp³-hybridized carbons (Fsp3) is 0.0200. The van der Waals surface area contributed by atoms with Gasteiger partial charge in [-0.05, 0) is 97.9 Å². The molecule has 0 unspecified atom stereocenters. The minimum absolute atomic E-state index is 0.140. The summed E-state index contributed by atoms with van der Waals surface area (Å²) in [5, 5.41) is 16.0. The fourth-order valence-electron chi connectivity index (χ4n) is 8.49. The van der Waals surface area contributed by atoms with Gasteiger partial charge in [0.2, 0.25) is 9.84 Å². The summed E-state index contributed by atoms with van der Waals surface area (Å²) in [6.45, 7) is 5.97. The van der Waals surface area contributed by atoms with Crippen molar-refractivity contribution in [2.45, 2.75) is 16.7 Å². The van der Waals surface area contributed by atoms with Crippen molar-refractivity contribution in [1.29, 1.82) is 5.26 Å². The number of nitriles is 1. The zero-order valence-corrected chi connectivity index (χ0v) is 31.8. The van der Waals surface area contributed by atoms with E-state index in [0.717, 1.165) is 82.5 Å². The van der Waals surface area contributed by atoms with E-state index in [1.165, 1.54) is 24.3 Å². The van der Waals surface area contributed by atoms with Crippen LogP contribution in [0.1, 0.15) is 12.5 Å². The Bertz CT molecular complexity index is 3480. The van der Waals surface area contributed by atoms with E-state index in [0.29, 0.717) is 5.56 Å². The van der Waals surface area contributed by atoms with Crippen LogP contribution in [0.5, 0.6) is 0 Å². The van der Waals surface area contributed by atoms with Crippen molar-refractivity contribution in [1.82, 2.24) is 13.7 Å². The van der Waals surface area contributed by atoms with Gasteiger partial charge in [-0.15, -0.1) is 0 Å². The Morgan fingerprint density at radius 3 is 1.77 bits per heavy atom. The average molecular weight is 755 g/mol. The molecule has 0 atom stereocenters. The number of rotatable bonds is 7. The minimum Gasteiger partial charge on any atom is -0.310 e. The highest BCUT2D eigenvalue weighted by Crippen LogP contribution is 2.44. The lowest BCUT2D eigenvalue weighted by atomic mass is 10.1. The largest absolute Gasteiger partial charge is 0.310 e. The lowest BCUT2D eigenvalue weighted by Crippen LogP contribution is -2.03. The molecule has 0 bridgehead atoms. The molecule has 3 aromatic heterocycles. The van der Waals surface area contributed by atoms with E-state index in [9.17, 15) is 13.7 Å². The maximum atomic E-state index is 13.9. The van der Waals surface area contributed by atoms with Gasteiger partial charge in [0.1, 0.15) is 0 Å². The molecule has 0 saturated carbocycles. The summed E-state index contributed by atoms with van der Waals surface area (Å²) in [5.41, 5.74) is 9.62. The number of benzene rings is 7. The highest BCUT2D eigenvalue weighted by Gasteiger charge is 2.24. The first-order valence-electron chi connectivity index (χ1n) is 18.7. The van der Waals surface area contributed by atoms with Crippen molar-refractivity contribution in [2.75, 3.05) is 0 Å². The fourth-order valence-corrected chi connectivity index (χ4v) is 9.75. The van der Waals surface area contributed by atoms with Crippen LogP contribution in [0.3, 0.4) is 0 Å². The SMILES string of the molecule is C=C/C=C\C(=C/C)n1c2ccccc2c2cc3c4ccc5c6ccccc6n(-c6ccccc6)c5c4n(-c4ccc(S(=O)(=O)c5ccc(C#N)cc5)cc4)c3cc21. The maximum absolute atomic E-state index is 13.9. The summed E-state index contributed by atoms with van der Waals surface area (Å²) in [4.78, 5) is 0.315. The Labute approximate surface area is 329 Å². The quantitative estimate of drug-likeness (QED) is 0.152. The molecule has 0 N–H and O–H groups in total. The molecule has 0 aliphatic carbocycles. The second kappa shape index (κ2) is 13.1. The maximum Gasteiger partial charge on any atom is 0.206 e. The molecule has 7 aromatic carbocycles. The Morgan fingerprint density at radius 2 is 1.12 bits per heavy atom. The number of sulfone groups is 1. The summed E-state index contributed by atoms with van der Waals surface area (Å²) < 4.78 is 34.7. The molecule has 6 nitrogen and oxygen atoms in total. The van der Waals surface area contributed by atoms with Gasteiger partial charge in [0.05, 0.1) is 54.5 Å². The predicted octanol–water partition coefficient (Wildman–Crippen LogP) is 12.3. The van der Waals surface area contributed by atoms with Gasteiger partial charge in [-0.2, -0.15) is 5.26 Å². The van der Waals surface area contributed by atoms with E-state index < -0.39 is 9.84 Å². The normalized spacial score (nSPS) is 12.5. The first-order valence-corrected chi connectivity index (χ1v) is 20.2. The van der Waals surface area contributed by atoms with Crippen LogP contribution in [0, 0.1) is 11.3 Å². The minimum atomic E-state index is -3.84. The topological polar surface area (TPSA) is 72.7 Å². The van der Waals surface area contributed by atoms with Crippen LogP contribution in [0.15, 0.2) is 192 Å². The number of hydrogen-bond donors (Lipinski definition) is 0. The molecule has 0 amide bonds. The van der Waals surface area contributed by atoms with Gasteiger partial charge < -0.3 is 13.7 Å². The summed E-state index contributed by atoms with van der Waals surface area (Å²) in [7, 11) is -3.84. The molecule has 57 heavy (non-hydrogen) atoms. The summed E-state index contributed by atoms with van der Waals surface area (Å²) >= 11 is 0. The highest BCUT2D eigenvalue weighted by atomic mass is 32.2. The Balaban J connectivity index is 1.34. The van der Waals surface area contributed by atoms with Gasteiger partial charge in [-0.25, -0.2) is 8.42 Å². The summed E-state index contributed by atoms with van der Waals surface area (Å²) in [6.07, 6.45) is 7.93. The molecule has 0 saturated heterocycles. The third-order valence-electron chi connectivity index (χ3n) is 11.0. The number of allylic oxidation sites excluding steroid dienone is 5. The Kier molecular flexibility index (Phi) is 7.85. The molecule has 272 valence electrons. The van der Waals surface area contributed by atoms with Gasteiger partial charge in [0.25, 0.3) is 0 Å². The van der Waals surface area contributed by atoms with Crippen molar-refractivity contribution in [2.24, 2.45) is 0 Å². The molecule has 10 rings (SSSR count). The lowest BCUT2D eigenvalue weighted by molar-refractivity contribution is 0.596. The molecule has 0 fully saturated rings. The second-order valence-corrected chi connectivity index (χ2v) is 16.0. The molecular weight excluding hydrogens is 721 g/mol. The third kappa shape index (κ3) is 5.12. The first kappa shape index (κ1) is 34.1. The van der Waals surface area contributed by atoms with E-state index >= 15 is 0 Å². The number of fused-ring (bicyclic) bond motifs is 10. The zero-order valence-electron chi connectivity index (χ0n) is 31.0. The Hall–Kier alpha value is -7.40. The molecule has 10 aromatic rings. The van der Waals surface area contributed by atoms with Gasteiger partial charge in [-0.1, -0.05) is 91.5 Å². The van der Waals surface area contributed by atoms with Crippen LogP contribution in [0.4, 0.5) is 0 Å². The first-order chi connectivity index (χ1) is 27.9. The van der Waals surface area contributed by atoms with Gasteiger partial charge >= 0.3 is 0 Å². The number of aromatic nitrogens is 3. The summed E-state index contributed by atoms with van der Waals surface area (Å²) in [5.74, 6) is 0. The van der Waals surface area contributed by atoms with Crippen molar-refractivity contribution >= 4 is 81.0 Å². The molecule has 0 aliphatic rings. The predicted molar refractivity (Wildman–Crippen MR) is 234 cm³/mol. The van der Waals surface area contributed by atoms with Crippen LogP contribution < -0.4 is 0 Å². The standard InChI is InChI=1S/C50H34N4O2S/c1-3-5-13-34(4-2)52-45-18-11-10-17-40(45)43-30-44-42-29-28-41-39-16-9-12-19-46(39)53(35-14-7-6-8-15-35)49(41)50(42)54(48(44)31-47(43)52)36-22-26-38(27-23-36)57(55,56)37-24-20-33(32-51)21-25-37/h3-31H,1H2,2H3/b13-5-,34-4+. The lowest BCUT2D eigenvalue weighted by Gasteiger charge is -2.13. The Morgan fingerprint density at radius 1 is 0.579 bits per heavy atom. The van der Waals surface area contributed by atoms with E-state index in [1.54, 1.807) is 18.2 Å². The monoisotopic (exact) mass is 754 g/mol. The van der Waals surface area contributed by atoms with E-state index in [2.05, 4.69) is 136 Å². The van der Waals surface area contributed by atoms with Gasteiger partial charge in [0, 0.05) is 49.4 Å². The molecule has 7 heteroatoms. The second-order valence-electron chi connectivity index (χ2n) is 14.1. The molecule has 0 spiro atoms. The average Bonchev–Trinajstić information content (AvgIpc) is 3.89. The van der Waals surface area contributed by atoms with E-state index in [-0.39, 0.29) is 9.79 Å². The van der Waals surface area contributed by atoms with Gasteiger partial charge in [-0.3, -0.25) is 0 Å². The highest BCUT2D eigenvalue weighted by molar-refractivity contribution is 7.91. The van der Waals surface area contributed by atoms with Crippen LogP contribution in [0.2, 0.25) is 0 Å². The number of para-hydroxylation sites is 3. The van der Waals surface area contributed by atoms with Crippen LogP contribution in [0.25, 0.3) is 82.5 Å².